The van der Waals surface area contributed by atoms with E-state index in [1.807, 2.05) is 41.0 Å². The van der Waals surface area contributed by atoms with E-state index in [9.17, 15) is 4.79 Å². The van der Waals surface area contributed by atoms with E-state index in [-0.39, 0.29) is 11.7 Å². The summed E-state index contributed by atoms with van der Waals surface area (Å²) in [5.74, 6) is 1.96. The lowest BCUT2D eigenvalue weighted by Gasteiger charge is -2.12. The van der Waals surface area contributed by atoms with Crippen LogP contribution in [0.1, 0.15) is 5.56 Å². The second-order valence-electron chi connectivity index (χ2n) is 7.38. The van der Waals surface area contributed by atoms with Gasteiger partial charge in [-0.2, -0.15) is 5.10 Å². The van der Waals surface area contributed by atoms with Crippen LogP contribution in [0.2, 0.25) is 0 Å². The van der Waals surface area contributed by atoms with Crippen molar-refractivity contribution in [3.63, 3.8) is 0 Å². The van der Waals surface area contributed by atoms with Crippen LogP contribution in [-0.4, -0.2) is 59.0 Å². The van der Waals surface area contributed by atoms with E-state index in [1.165, 1.54) is 32.2 Å². The quantitative estimate of drug-likeness (QED) is 0.167. The molecule has 190 valence electrons. The van der Waals surface area contributed by atoms with Crippen LogP contribution in [0.4, 0.5) is 0 Å². The Kier molecular flexibility index (Phi) is 8.75. The van der Waals surface area contributed by atoms with E-state index in [2.05, 4.69) is 41.6 Å². The highest BCUT2D eigenvalue weighted by atomic mass is 79.9. The standard InChI is InChI=1S/C25H23BrN6O4S/c1-34-19-12-21(35-2)20(22(13-19)36-3)14-28-29-23(33)15-37-25-31-30-24(16-8-10-27-11-9-16)32(25)18-6-4-17(26)5-7-18/h4-14H,15H2,1-3H3,(H,29,33)/b28-14-. The van der Waals surface area contributed by atoms with Gasteiger partial charge in [0, 0.05) is 40.2 Å². The summed E-state index contributed by atoms with van der Waals surface area (Å²) in [5, 5.41) is 13.3. The fraction of sp³-hybridized carbons (Fsp3) is 0.160. The Morgan fingerprint density at radius 1 is 1.03 bits per heavy atom. The average molecular weight is 583 g/mol. The lowest BCUT2D eigenvalue weighted by Crippen LogP contribution is -2.20. The van der Waals surface area contributed by atoms with E-state index in [1.54, 1.807) is 31.6 Å². The Bertz CT molecular complexity index is 1370. The molecule has 0 aliphatic rings. The molecule has 1 N–H and O–H groups in total. The Balaban J connectivity index is 1.50. The zero-order chi connectivity index (χ0) is 26.2. The van der Waals surface area contributed by atoms with Gasteiger partial charge in [-0.25, -0.2) is 5.43 Å². The van der Waals surface area contributed by atoms with Crippen molar-refractivity contribution in [2.24, 2.45) is 5.10 Å². The summed E-state index contributed by atoms with van der Waals surface area (Å²) in [5.41, 5.74) is 4.81. The van der Waals surface area contributed by atoms with Gasteiger partial charge >= 0.3 is 0 Å². The van der Waals surface area contributed by atoms with Crippen LogP contribution in [0.5, 0.6) is 17.2 Å². The molecule has 12 heteroatoms. The normalized spacial score (nSPS) is 10.9. The molecule has 0 spiro atoms. The molecule has 1 amide bonds. The number of nitrogens with one attached hydrogen (secondary N) is 1. The van der Waals surface area contributed by atoms with Crippen molar-refractivity contribution in [3.05, 3.63) is 71.0 Å². The van der Waals surface area contributed by atoms with Gasteiger partial charge in [-0.05, 0) is 36.4 Å². The molecule has 2 aromatic heterocycles. The molecule has 4 aromatic rings. The van der Waals surface area contributed by atoms with Gasteiger partial charge in [0.05, 0.1) is 38.9 Å². The number of methoxy groups -OCH3 is 3. The van der Waals surface area contributed by atoms with Crippen molar-refractivity contribution in [1.29, 1.82) is 0 Å². The highest BCUT2D eigenvalue weighted by Crippen LogP contribution is 2.33. The van der Waals surface area contributed by atoms with Crippen LogP contribution in [0.3, 0.4) is 0 Å². The van der Waals surface area contributed by atoms with Crippen LogP contribution in [-0.2, 0) is 4.79 Å². The molecule has 2 heterocycles. The third-order valence-electron chi connectivity index (χ3n) is 5.13. The molecule has 0 aliphatic carbocycles. The highest BCUT2D eigenvalue weighted by molar-refractivity contribution is 9.10. The van der Waals surface area contributed by atoms with Crippen molar-refractivity contribution in [3.8, 4) is 34.3 Å². The minimum absolute atomic E-state index is 0.0687. The number of carbonyl (C=O) groups excluding carboxylic acids is 1. The summed E-state index contributed by atoms with van der Waals surface area (Å²) in [6.07, 6.45) is 4.85. The van der Waals surface area contributed by atoms with Crippen molar-refractivity contribution in [2.45, 2.75) is 5.16 Å². The molecule has 0 bridgehead atoms. The van der Waals surface area contributed by atoms with Gasteiger partial charge in [0.15, 0.2) is 11.0 Å². The number of hydrazone groups is 1. The molecule has 37 heavy (non-hydrogen) atoms. The molecule has 0 aliphatic heterocycles. The average Bonchev–Trinajstić information content (AvgIpc) is 3.36. The molecule has 4 rings (SSSR count). The van der Waals surface area contributed by atoms with Crippen LogP contribution in [0.15, 0.2) is 75.7 Å². The van der Waals surface area contributed by atoms with Gasteiger partial charge in [-0.1, -0.05) is 27.7 Å². The van der Waals surface area contributed by atoms with Crippen LogP contribution < -0.4 is 19.6 Å². The predicted octanol–water partition coefficient (Wildman–Crippen LogP) is 4.36. The van der Waals surface area contributed by atoms with Gasteiger partial charge in [0.2, 0.25) is 0 Å². The second-order valence-corrected chi connectivity index (χ2v) is 9.24. The molecule has 2 aromatic carbocycles. The molecule has 0 fully saturated rings. The first-order valence-corrected chi connectivity index (χ1v) is 12.7. The number of hydrogen-bond acceptors (Lipinski definition) is 9. The minimum Gasteiger partial charge on any atom is -0.496 e. The topological polar surface area (TPSA) is 113 Å². The summed E-state index contributed by atoms with van der Waals surface area (Å²) in [6.45, 7) is 0. The predicted molar refractivity (Wildman–Crippen MR) is 145 cm³/mol. The lowest BCUT2D eigenvalue weighted by molar-refractivity contribution is -0.118. The number of ether oxygens (including phenoxy) is 3. The van der Waals surface area contributed by atoms with E-state index >= 15 is 0 Å². The number of thioether (sulfide) groups is 1. The SMILES string of the molecule is COc1cc(OC)c(/C=N\NC(=O)CSc2nnc(-c3ccncc3)n2-c2ccc(Br)cc2)c(OC)c1. The number of amides is 1. The van der Waals surface area contributed by atoms with E-state index in [0.717, 1.165) is 15.7 Å². The van der Waals surface area contributed by atoms with Gasteiger partial charge in [-0.15, -0.1) is 10.2 Å². The Morgan fingerprint density at radius 2 is 1.70 bits per heavy atom. The molecule has 0 atom stereocenters. The molecule has 0 saturated carbocycles. The fourth-order valence-electron chi connectivity index (χ4n) is 3.37. The van der Waals surface area contributed by atoms with Crippen molar-refractivity contribution < 1.29 is 19.0 Å². The summed E-state index contributed by atoms with van der Waals surface area (Å²) in [4.78, 5) is 16.7. The number of hydrogen-bond donors (Lipinski definition) is 1. The Morgan fingerprint density at radius 3 is 2.32 bits per heavy atom. The number of carbonyl (C=O) groups is 1. The summed E-state index contributed by atoms with van der Waals surface area (Å²) in [6, 6.07) is 14.9. The van der Waals surface area contributed by atoms with Gasteiger partial charge < -0.3 is 14.2 Å². The van der Waals surface area contributed by atoms with Crippen molar-refractivity contribution in [2.75, 3.05) is 27.1 Å². The Hall–Kier alpha value is -3.90. The van der Waals surface area contributed by atoms with Gasteiger partial charge in [0.1, 0.15) is 17.2 Å². The highest BCUT2D eigenvalue weighted by Gasteiger charge is 2.17. The molecular formula is C25H23BrN6O4S. The first kappa shape index (κ1) is 26.2. The smallest absolute Gasteiger partial charge is 0.250 e. The zero-order valence-electron chi connectivity index (χ0n) is 20.2. The maximum Gasteiger partial charge on any atom is 0.250 e. The first-order chi connectivity index (χ1) is 18.0. The third-order valence-corrected chi connectivity index (χ3v) is 6.58. The van der Waals surface area contributed by atoms with Crippen LogP contribution in [0, 0.1) is 0 Å². The minimum atomic E-state index is -0.316. The van der Waals surface area contributed by atoms with E-state index in [4.69, 9.17) is 14.2 Å². The maximum absolute atomic E-state index is 12.6. The van der Waals surface area contributed by atoms with Gasteiger partial charge in [0.25, 0.3) is 5.91 Å². The summed E-state index contributed by atoms with van der Waals surface area (Å²) in [7, 11) is 4.61. The molecule has 10 nitrogen and oxygen atoms in total. The molecule has 0 radical (unpaired) electrons. The van der Waals surface area contributed by atoms with Crippen LogP contribution in [0.25, 0.3) is 17.1 Å². The molecule has 0 unspecified atom stereocenters. The molecular weight excluding hydrogens is 560 g/mol. The second kappa shape index (κ2) is 12.4. The third kappa shape index (κ3) is 6.27. The number of benzene rings is 2. The largest absolute Gasteiger partial charge is 0.496 e. The van der Waals surface area contributed by atoms with E-state index < -0.39 is 0 Å². The van der Waals surface area contributed by atoms with Crippen molar-refractivity contribution in [1.82, 2.24) is 25.2 Å². The fourth-order valence-corrected chi connectivity index (χ4v) is 4.37. The number of rotatable bonds is 10. The summed E-state index contributed by atoms with van der Waals surface area (Å²) < 4.78 is 18.9. The number of halogens is 1. The Labute approximate surface area is 226 Å². The molecule has 0 saturated heterocycles. The monoisotopic (exact) mass is 582 g/mol. The lowest BCUT2D eigenvalue weighted by atomic mass is 10.2. The number of nitrogens with zero attached hydrogens (tertiary/aromatic N) is 5. The summed E-state index contributed by atoms with van der Waals surface area (Å²) >= 11 is 4.71. The van der Waals surface area contributed by atoms with Crippen molar-refractivity contribution >= 4 is 39.8 Å². The first-order valence-electron chi connectivity index (χ1n) is 10.9. The van der Waals surface area contributed by atoms with Crippen LogP contribution >= 0.6 is 27.7 Å². The number of pyridine rings is 1. The van der Waals surface area contributed by atoms with E-state index in [0.29, 0.717) is 33.8 Å². The number of aromatic nitrogens is 4. The zero-order valence-corrected chi connectivity index (χ0v) is 22.6. The maximum atomic E-state index is 12.6. The van der Waals surface area contributed by atoms with Gasteiger partial charge in [-0.3, -0.25) is 14.3 Å².